The number of aliphatic imine (C=N–C) groups is 1. The molecule has 1 fully saturated rings. The predicted molar refractivity (Wildman–Crippen MR) is 99.1 cm³/mol. The number of hydrogen-bond donors (Lipinski definition) is 1. The van der Waals surface area contributed by atoms with Gasteiger partial charge in [0.1, 0.15) is 0 Å². The molecule has 2 N–H and O–H groups in total. The van der Waals surface area contributed by atoms with Crippen LogP contribution in [0.4, 0.5) is 5.69 Å². The van der Waals surface area contributed by atoms with E-state index < -0.39 is 0 Å². The summed E-state index contributed by atoms with van der Waals surface area (Å²) >= 11 is 5.94. The number of hydrogen-bond acceptors (Lipinski definition) is 5. The summed E-state index contributed by atoms with van der Waals surface area (Å²) in [5.74, 6) is 0.535. The van der Waals surface area contributed by atoms with Crippen LogP contribution in [0.15, 0.2) is 41.5 Å². The van der Waals surface area contributed by atoms with Crippen LogP contribution in [-0.2, 0) is 6.54 Å². The average Bonchev–Trinajstić information content (AvgIpc) is 2.67. The molecule has 1 saturated heterocycles. The van der Waals surface area contributed by atoms with Crippen LogP contribution in [0.1, 0.15) is 5.69 Å². The topological polar surface area (TPSA) is 79.9 Å². The fourth-order valence-electron chi connectivity index (χ4n) is 2.67. The second-order valence-electron chi connectivity index (χ2n) is 5.66. The van der Waals surface area contributed by atoms with Gasteiger partial charge in [0.05, 0.1) is 19.3 Å². The largest absolute Gasteiger partial charge is 0.467 e. The Labute approximate surface area is 152 Å². The molecule has 2 heterocycles. The standard InChI is InChI=1S/C17H21ClN6O/c1-25-17-20-7-6-14(22-17)12-21-16(19)24-10-8-23(9-11-24)15-4-2-13(18)3-5-15/h2-7H,8-12H2,1H3,(H2,19,21). The predicted octanol–water partition coefficient (Wildman–Crippen LogP) is 1.78. The summed E-state index contributed by atoms with van der Waals surface area (Å²) in [4.78, 5) is 17.1. The lowest BCUT2D eigenvalue weighted by Gasteiger charge is -2.36. The zero-order chi connectivity index (χ0) is 17.6. The zero-order valence-corrected chi connectivity index (χ0v) is 14.9. The Kier molecular flexibility index (Phi) is 5.55. The molecule has 132 valence electrons. The van der Waals surface area contributed by atoms with Gasteiger partial charge in [-0.1, -0.05) is 11.6 Å². The summed E-state index contributed by atoms with van der Waals surface area (Å²) < 4.78 is 5.01. The lowest BCUT2D eigenvalue weighted by molar-refractivity contribution is 0.376. The number of nitrogens with zero attached hydrogens (tertiary/aromatic N) is 5. The minimum atomic E-state index is 0.336. The Balaban J connectivity index is 1.55. The Morgan fingerprint density at radius 2 is 1.92 bits per heavy atom. The van der Waals surface area contributed by atoms with Gasteiger partial charge in [0, 0.05) is 43.1 Å². The van der Waals surface area contributed by atoms with Crippen molar-refractivity contribution in [2.24, 2.45) is 10.7 Å². The van der Waals surface area contributed by atoms with Crippen LogP contribution in [-0.4, -0.2) is 54.1 Å². The van der Waals surface area contributed by atoms with E-state index >= 15 is 0 Å². The third kappa shape index (κ3) is 4.51. The molecule has 0 aliphatic carbocycles. The first kappa shape index (κ1) is 17.3. The summed E-state index contributed by atoms with van der Waals surface area (Å²) in [6.07, 6.45) is 1.65. The van der Waals surface area contributed by atoms with Gasteiger partial charge >= 0.3 is 6.01 Å². The molecular formula is C17H21ClN6O. The van der Waals surface area contributed by atoms with Gasteiger partial charge in [-0.2, -0.15) is 4.98 Å². The summed E-state index contributed by atoms with van der Waals surface area (Å²) in [7, 11) is 1.54. The van der Waals surface area contributed by atoms with E-state index in [-0.39, 0.29) is 0 Å². The van der Waals surface area contributed by atoms with Crippen molar-refractivity contribution in [3.8, 4) is 6.01 Å². The molecule has 25 heavy (non-hydrogen) atoms. The van der Waals surface area contributed by atoms with Crippen LogP contribution in [0.25, 0.3) is 0 Å². The van der Waals surface area contributed by atoms with Gasteiger partial charge in [-0.15, -0.1) is 0 Å². The highest BCUT2D eigenvalue weighted by Gasteiger charge is 2.18. The van der Waals surface area contributed by atoms with E-state index in [0.29, 0.717) is 18.5 Å². The number of guanidine groups is 1. The van der Waals surface area contributed by atoms with Crippen molar-refractivity contribution in [1.82, 2.24) is 14.9 Å². The molecule has 3 rings (SSSR count). The average molecular weight is 361 g/mol. The van der Waals surface area contributed by atoms with Gasteiger partial charge in [0.2, 0.25) is 0 Å². The normalized spacial score (nSPS) is 15.4. The van der Waals surface area contributed by atoms with Gasteiger partial charge in [-0.05, 0) is 30.3 Å². The van der Waals surface area contributed by atoms with E-state index in [1.165, 1.54) is 12.8 Å². The molecule has 1 aliphatic rings. The number of benzene rings is 1. The number of piperazine rings is 1. The minimum Gasteiger partial charge on any atom is -0.467 e. The monoisotopic (exact) mass is 360 g/mol. The molecule has 2 aromatic rings. The van der Waals surface area contributed by atoms with Crippen molar-refractivity contribution in [3.05, 3.63) is 47.2 Å². The second-order valence-corrected chi connectivity index (χ2v) is 6.10. The van der Waals surface area contributed by atoms with Crippen molar-refractivity contribution in [2.75, 3.05) is 38.2 Å². The highest BCUT2D eigenvalue weighted by Crippen LogP contribution is 2.19. The maximum atomic E-state index is 6.14. The summed E-state index contributed by atoms with van der Waals surface area (Å²) in [6.45, 7) is 3.83. The van der Waals surface area contributed by atoms with Crippen molar-refractivity contribution in [3.63, 3.8) is 0 Å². The minimum absolute atomic E-state index is 0.336. The Hall–Kier alpha value is -2.54. The number of methoxy groups -OCH3 is 1. The zero-order valence-electron chi connectivity index (χ0n) is 14.1. The van der Waals surface area contributed by atoms with E-state index in [9.17, 15) is 0 Å². The Bertz CT molecular complexity index is 728. The summed E-state index contributed by atoms with van der Waals surface area (Å²) in [5, 5.41) is 0.750. The van der Waals surface area contributed by atoms with Crippen molar-refractivity contribution < 1.29 is 4.74 Å². The summed E-state index contributed by atoms with van der Waals surface area (Å²) in [6, 6.07) is 10.0. The lowest BCUT2D eigenvalue weighted by atomic mass is 10.2. The van der Waals surface area contributed by atoms with Gasteiger partial charge in [-0.25, -0.2) is 9.98 Å². The van der Waals surface area contributed by atoms with E-state index in [4.69, 9.17) is 22.1 Å². The molecule has 1 aromatic carbocycles. The molecule has 1 aliphatic heterocycles. The van der Waals surface area contributed by atoms with Gasteiger partial charge in [-0.3, -0.25) is 0 Å². The van der Waals surface area contributed by atoms with Gasteiger partial charge in [0.25, 0.3) is 0 Å². The third-order valence-corrected chi connectivity index (χ3v) is 4.32. The number of anilines is 1. The first-order valence-corrected chi connectivity index (χ1v) is 8.45. The van der Waals surface area contributed by atoms with Crippen molar-refractivity contribution in [2.45, 2.75) is 6.54 Å². The lowest BCUT2D eigenvalue weighted by Crippen LogP contribution is -2.51. The fourth-order valence-corrected chi connectivity index (χ4v) is 2.80. The molecule has 0 amide bonds. The van der Waals surface area contributed by atoms with Gasteiger partial charge in [0.15, 0.2) is 5.96 Å². The van der Waals surface area contributed by atoms with E-state index in [1.807, 2.05) is 24.3 Å². The van der Waals surface area contributed by atoms with E-state index in [0.717, 1.165) is 36.9 Å². The van der Waals surface area contributed by atoms with Crippen LogP contribution in [0.3, 0.4) is 0 Å². The molecule has 0 radical (unpaired) electrons. The number of aromatic nitrogens is 2. The summed E-state index contributed by atoms with van der Waals surface area (Å²) in [5.41, 5.74) is 8.08. The number of ether oxygens (including phenoxy) is 1. The van der Waals surface area contributed by atoms with Crippen LogP contribution in [0.5, 0.6) is 6.01 Å². The Morgan fingerprint density at radius 3 is 2.60 bits per heavy atom. The molecule has 8 heteroatoms. The highest BCUT2D eigenvalue weighted by molar-refractivity contribution is 6.30. The SMILES string of the molecule is COc1nccc(CN=C(N)N2CCN(c3ccc(Cl)cc3)CC2)n1. The number of halogens is 1. The molecule has 1 aromatic heterocycles. The third-order valence-electron chi connectivity index (χ3n) is 4.07. The fraction of sp³-hybridized carbons (Fsp3) is 0.353. The van der Waals surface area contributed by atoms with E-state index in [2.05, 4.69) is 24.8 Å². The quantitative estimate of drug-likeness (QED) is 0.661. The van der Waals surface area contributed by atoms with Crippen LogP contribution in [0.2, 0.25) is 5.02 Å². The van der Waals surface area contributed by atoms with Crippen LogP contribution in [0, 0.1) is 0 Å². The van der Waals surface area contributed by atoms with Crippen LogP contribution >= 0.6 is 11.6 Å². The first-order chi connectivity index (χ1) is 12.2. The smallest absolute Gasteiger partial charge is 0.316 e. The molecule has 0 atom stereocenters. The molecule has 0 unspecified atom stereocenters. The molecular weight excluding hydrogens is 340 g/mol. The van der Waals surface area contributed by atoms with Crippen molar-refractivity contribution >= 4 is 23.2 Å². The number of nitrogens with two attached hydrogens (primary N) is 1. The maximum absolute atomic E-state index is 6.14. The molecule has 7 nitrogen and oxygen atoms in total. The molecule has 0 bridgehead atoms. The molecule has 0 spiro atoms. The number of rotatable bonds is 4. The van der Waals surface area contributed by atoms with Crippen molar-refractivity contribution in [1.29, 1.82) is 0 Å². The Morgan fingerprint density at radius 1 is 1.20 bits per heavy atom. The van der Waals surface area contributed by atoms with Gasteiger partial charge < -0.3 is 20.3 Å². The maximum Gasteiger partial charge on any atom is 0.316 e. The first-order valence-electron chi connectivity index (χ1n) is 8.07. The highest BCUT2D eigenvalue weighted by atomic mass is 35.5. The van der Waals surface area contributed by atoms with E-state index in [1.54, 1.807) is 12.3 Å². The second kappa shape index (κ2) is 8.02. The molecule has 0 saturated carbocycles. The van der Waals surface area contributed by atoms with Crippen LogP contribution < -0.4 is 15.4 Å².